The molecule has 2 aromatic rings. The highest BCUT2D eigenvalue weighted by Crippen LogP contribution is 2.09. The van der Waals surface area contributed by atoms with Gasteiger partial charge in [-0.1, -0.05) is 18.2 Å². The monoisotopic (exact) mass is 303 g/mol. The summed E-state index contributed by atoms with van der Waals surface area (Å²) >= 11 is 0. The number of nitrogens with one attached hydrogen (secondary N) is 1. The number of carbonyl (C=O) groups is 1. The number of amides is 1. The van der Waals surface area contributed by atoms with E-state index in [-0.39, 0.29) is 18.9 Å². The Hall–Kier alpha value is -2.97. The minimum absolute atomic E-state index is 0.0473. The largest absolute Gasteiger partial charge is 0.465 e. The maximum absolute atomic E-state index is 11.4. The fourth-order valence-corrected chi connectivity index (χ4v) is 1.99. The molecule has 0 saturated heterocycles. The lowest BCUT2D eigenvalue weighted by Gasteiger charge is -2.19. The number of nitrogens with two attached hydrogens (primary N) is 1. The van der Waals surface area contributed by atoms with E-state index in [1.54, 1.807) is 31.3 Å². The summed E-state index contributed by atoms with van der Waals surface area (Å²) in [5.41, 5.74) is 6.78. The summed E-state index contributed by atoms with van der Waals surface area (Å²) in [4.78, 5) is 12.6. The van der Waals surface area contributed by atoms with Crippen LogP contribution in [-0.2, 0) is 20.0 Å². The Morgan fingerprint density at radius 3 is 2.86 bits per heavy atom. The molecule has 9 nitrogen and oxygen atoms in total. The average Bonchev–Trinajstić information content (AvgIpc) is 2.88. The van der Waals surface area contributed by atoms with Crippen molar-refractivity contribution in [1.82, 2.24) is 25.1 Å². The van der Waals surface area contributed by atoms with E-state index >= 15 is 0 Å². The summed E-state index contributed by atoms with van der Waals surface area (Å²) in [6, 6.07) is 6.97. The Labute approximate surface area is 126 Å². The molecule has 9 heteroatoms. The summed E-state index contributed by atoms with van der Waals surface area (Å²) in [6.45, 7) is 0.482. The molecule has 2 rings (SSSR count). The van der Waals surface area contributed by atoms with Crippen molar-refractivity contribution in [2.45, 2.75) is 13.0 Å². The van der Waals surface area contributed by atoms with E-state index in [0.717, 1.165) is 5.56 Å². The molecule has 0 saturated carbocycles. The standard InChI is InChI=1S/C13H17N7O2/c1-19-11(16-17-18-19)5-6-20(13(21)22)8-9-3-2-4-10(7-9)12(14)15/h2-4,7H,5-6,8H2,1H3,(H3,14,15)(H,21,22). The Morgan fingerprint density at radius 2 is 2.27 bits per heavy atom. The molecular formula is C13H17N7O2. The van der Waals surface area contributed by atoms with E-state index in [2.05, 4.69) is 15.5 Å². The second kappa shape index (κ2) is 6.66. The first-order valence-corrected chi connectivity index (χ1v) is 6.60. The summed E-state index contributed by atoms with van der Waals surface area (Å²) in [5, 5.41) is 27.8. The predicted molar refractivity (Wildman–Crippen MR) is 78.4 cm³/mol. The number of amidine groups is 1. The third kappa shape index (κ3) is 3.78. The topological polar surface area (TPSA) is 134 Å². The van der Waals surface area contributed by atoms with Gasteiger partial charge in [0.15, 0.2) is 5.82 Å². The quantitative estimate of drug-likeness (QED) is 0.516. The molecule has 0 aliphatic heterocycles. The number of tetrazole rings is 1. The molecule has 0 fully saturated rings. The Morgan fingerprint density at radius 1 is 1.50 bits per heavy atom. The van der Waals surface area contributed by atoms with Crippen molar-refractivity contribution in [3.8, 4) is 0 Å². The van der Waals surface area contributed by atoms with Crippen LogP contribution < -0.4 is 5.73 Å². The van der Waals surface area contributed by atoms with E-state index in [1.807, 2.05) is 0 Å². The van der Waals surface area contributed by atoms with Crippen LogP contribution in [0.5, 0.6) is 0 Å². The van der Waals surface area contributed by atoms with Crippen molar-refractivity contribution in [3.63, 3.8) is 0 Å². The predicted octanol–water partition coefficient (Wildman–Crippen LogP) is 0.217. The van der Waals surface area contributed by atoms with Gasteiger partial charge in [0.25, 0.3) is 0 Å². The molecule has 0 atom stereocenters. The van der Waals surface area contributed by atoms with E-state index in [1.165, 1.54) is 9.58 Å². The number of aryl methyl sites for hydroxylation is 1. The van der Waals surface area contributed by atoms with Gasteiger partial charge in [0.2, 0.25) is 0 Å². The number of nitrogen functional groups attached to an aromatic ring is 1. The number of carboxylic acid groups (broad SMARTS) is 1. The van der Waals surface area contributed by atoms with Crippen LogP contribution in [0.2, 0.25) is 0 Å². The van der Waals surface area contributed by atoms with Crippen LogP contribution in [0.3, 0.4) is 0 Å². The van der Waals surface area contributed by atoms with Crippen LogP contribution in [0.25, 0.3) is 0 Å². The SMILES string of the molecule is Cn1nnnc1CCN(Cc1cccc(C(=N)N)c1)C(=O)O. The summed E-state index contributed by atoms with van der Waals surface area (Å²) in [5.74, 6) is 0.567. The molecule has 22 heavy (non-hydrogen) atoms. The van der Waals surface area contributed by atoms with Gasteiger partial charge in [-0.05, 0) is 22.1 Å². The number of aromatic nitrogens is 4. The van der Waals surface area contributed by atoms with Crippen LogP contribution in [0.4, 0.5) is 4.79 Å². The highest BCUT2D eigenvalue weighted by molar-refractivity contribution is 5.95. The third-order valence-electron chi connectivity index (χ3n) is 3.20. The second-order valence-electron chi connectivity index (χ2n) is 4.79. The number of rotatable bonds is 6. The van der Waals surface area contributed by atoms with Crippen molar-refractivity contribution in [2.75, 3.05) is 6.54 Å². The first-order valence-electron chi connectivity index (χ1n) is 6.60. The number of hydrogen-bond donors (Lipinski definition) is 3. The molecule has 4 N–H and O–H groups in total. The summed E-state index contributed by atoms with van der Waals surface area (Å²) in [7, 11) is 1.71. The summed E-state index contributed by atoms with van der Waals surface area (Å²) in [6.07, 6.45) is -0.606. The number of nitrogens with zero attached hydrogens (tertiary/aromatic N) is 5. The lowest BCUT2D eigenvalue weighted by Crippen LogP contribution is -2.31. The first kappa shape index (κ1) is 15.4. The van der Waals surface area contributed by atoms with E-state index in [4.69, 9.17) is 11.1 Å². The van der Waals surface area contributed by atoms with Gasteiger partial charge in [0.05, 0.1) is 0 Å². The summed E-state index contributed by atoms with van der Waals surface area (Å²) < 4.78 is 1.51. The van der Waals surface area contributed by atoms with Gasteiger partial charge in [0.1, 0.15) is 5.84 Å². The fourth-order valence-electron chi connectivity index (χ4n) is 1.99. The van der Waals surface area contributed by atoms with Crippen LogP contribution in [-0.4, -0.2) is 48.7 Å². The number of hydrogen-bond acceptors (Lipinski definition) is 5. The van der Waals surface area contributed by atoms with Gasteiger partial charge in [0, 0.05) is 32.1 Å². The third-order valence-corrected chi connectivity index (χ3v) is 3.20. The smallest absolute Gasteiger partial charge is 0.407 e. The molecule has 0 radical (unpaired) electrons. The molecule has 1 aromatic heterocycles. The first-order chi connectivity index (χ1) is 10.5. The van der Waals surface area contributed by atoms with E-state index in [0.29, 0.717) is 17.8 Å². The highest BCUT2D eigenvalue weighted by atomic mass is 16.4. The van der Waals surface area contributed by atoms with Gasteiger partial charge >= 0.3 is 6.09 Å². The van der Waals surface area contributed by atoms with Gasteiger partial charge in [-0.3, -0.25) is 5.41 Å². The normalized spacial score (nSPS) is 10.4. The highest BCUT2D eigenvalue weighted by Gasteiger charge is 2.14. The zero-order valence-corrected chi connectivity index (χ0v) is 12.1. The van der Waals surface area contributed by atoms with Gasteiger partial charge in [-0.2, -0.15) is 0 Å². The van der Waals surface area contributed by atoms with Gasteiger partial charge in [-0.15, -0.1) is 5.10 Å². The van der Waals surface area contributed by atoms with Gasteiger partial charge in [-0.25, -0.2) is 9.48 Å². The molecule has 1 aromatic carbocycles. The van der Waals surface area contributed by atoms with Crippen LogP contribution in [0, 0.1) is 5.41 Å². The van der Waals surface area contributed by atoms with E-state index < -0.39 is 6.09 Å². The fraction of sp³-hybridized carbons (Fsp3) is 0.308. The Balaban J connectivity index is 2.05. The molecule has 1 heterocycles. The van der Waals surface area contributed by atoms with Crippen molar-refractivity contribution in [2.24, 2.45) is 12.8 Å². The molecule has 0 bridgehead atoms. The maximum Gasteiger partial charge on any atom is 0.407 e. The molecule has 116 valence electrons. The van der Waals surface area contributed by atoms with Crippen LogP contribution in [0.15, 0.2) is 24.3 Å². The van der Waals surface area contributed by atoms with Crippen LogP contribution >= 0.6 is 0 Å². The minimum Gasteiger partial charge on any atom is -0.465 e. The zero-order chi connectivity index (χ0) is 16.1. The van der Waals surface area contributed by atoms with Crippen molar-refractivity contribution >= 4 is 11.9 Å². The Kier molecular flexibility index (Phi) is 4.66. The molecule has 0 spiro atoms. The number of benzene rings is 1. The molecule has 0 aliphatic rings. The average molecular weight is 303 g/mol. The second-order valence-corrected chi connectivity index (χ2v) is 4.79. The van der Waals surface area contributed by atoms with E-state index in [9.17, 15) is 9.90 Å². The maximum atomic E-state index is 11.4. The lowest BCUT2D eigenvalue weighted by molar-refractivity contribution is 0.142. The lowest BCUT2D eigenvalue weighted by atomic mass is 10.1. The molecule has 0 aliphatic carbocycles. The molecular weight excluding hydrogens is 286 g/mol. The Bertz CT molecular complexity index is 683. The van der Waals surface area contributed by atoms with Crippen LogP contribution in [0.1, 0.15) is 17.0 Å². The van der Waals surface area contributed by atoms with Crippen molar-refractivity contribution < 1.29 is 9.90 Å². The van der Waals surface area contributed by atoms with Crippen molar-refractivity contribution in [3.05, 3.63) is 41.2 Å². The zero-order valence-electron chi connectivity index (χ0n) is 12.1. The minimum atomic E-state index is -1.02. The molecule has 1 amide bonds. The van der Waals surface area contributed by atoms with Gasteiger partial charge < -0.3 is 15.7 Å². The molecule has 0 unspecified atom stereocenters. The van der Waals surface area contributed by atoms with Crippen molar-refractivity contribution in [1.29, 1.82) is 5.41 Å².